The number of carbonyl (C=O) groups is 2. The molecule has 1 heterocycles. The summed E-state index contributed by atoms with van der Waals surface area (Å²) in [4.78, 5) is 24.6. The third kappa shape index (κ3) is 4.04. The van der Waals surface area contributed by atoms with Gasteiger partial charge in [0.2, 0.25) is 5.91 Å². The molecule has 19 heavy (non-hydrogen) atoms. The van der Waals surface area contributed by atoms with Crippen LogP contribution in [0.5, 0.6) is 0 Å². The first-order valence-electron chi connectivity index (χ1n) is 6.21. The first kappa shape index (κ1) is 13.5. The van der Waals surface area contributed by atoms with Crippen molar-refractivity contribution >= 4 is 17.6 Å². The molecule has 0 atom stereocenters. The number of nitrogens with zero attached hydrogens (tertiary/aromatic N) is 1. The van der Waals surface area contributed by atoms with Crippen LogP contribution in [0.2, 0.25) is 0 Å². The van der Waals surface area contributed by atoms with Gasteiger partial charge in [-0.2, -0.15) is 0 Å². The van der Waals surface area contributed by atoms with Crippen molar-refractivity contribution in [3.05, 3.63) is 29.8 Å². The summed E-state index contributed by atoms with van der Waals surface area (Å²) in [6, 6.07) is 6.14. The summed E-state index contributed by atoms with van der Waals surface area (Å²) < 4.78 is 0. The van der Waals surface area contributed by atoms with Gasteiger partial charge in [0.25, 0.3) is 0 Å². The number of carboxylic acids is 1. The molecule has 1 aromatic rings. The van der Waals surface area contributed by atoms with E-state index in [2.05, 4.69) is 15.5 Å². The average Bonchev–Trinajstić information content (AvgIpc) is 2.40. The zero-order valence-electron chi connectivity index (χ0n) is 10.6. The van der Waals surface area contributed by atoms with E-state index >= 15 is 0 Å². The van der Waals surface area contributed by atoms with Crippen LogP contribution in [0.4, 0.5) is 5.69 Å². The molecule has 1 amide bonds. The Morgan fingerprint density at radius 3 is 2.42 bits per heavy atom. The van der Waals surface area contributed by atoms with E-state index in [9.17, 15) is 9.59 Å². The van der Waals surface area contributed by atoms with Gasteiger partial charge in [-0.15, -0.1) is 0 Å². The number of amides is 1. The van der Waals surface area contributed by atoms with Gasteiger partial charge in [-0.3, -0.25) is 9.69 Å². The van der Waals surface area contributed by atoms with Crippen LogP contribution < -0.4 is 10.6 Å². The van der Waals surface area contributed by atoms with Gasteiger partial charge >= 0.3 is 5.97 Å². The molecule has 1 saturated heterocycles. The van der Waals surface area contributed by atoms with E-state index in [1.165, 1.54) is 12.1 Å². The Balaban J connectivity index is 1.85. The minimum atomic E-state index is -0.973. The van der Waals surface area contributed by atoms with Gasteiger partial charge in [-0.1, -0.05) is 0 Å². The minimum Gasteiger partial charge on any atom is -0.478 e. The predicted molar refractivity (Wildman–Crippen MR) is 71.3 cm³/mol. The lowest BCUT2D eigenvalue weighted by molar-refractivity contribution is -0.117. The highest BCUT2D eigenvalue weighted by atomic mass is 16.4. The molecule has 0 aliphatic carbocycles. The lowest BCUT2D eigenvalue weighted by Gasteiger charge is -2.26. The summed E-state index contributed by atoms with van der Waals surface area (Å²) in [5, 5.41) is 14.8. The van der Waals surface area contributed by atoms with E-state index in [1.54, 1.807) is 12.1 Å². The second kappa shape index (κ2) is 6.31. The van der Waals surface area contributed by atoms with Crippen molar-refractivity contribution in [1.82, 2.24) is 10.2 Å². The summed E-state index contributed by atoms with van der Waals surface area (Å²) in [5.74, 6) is -1.05. The molecule has 1 aliphatic rings. The van der Waals surface area contributed by atoms with E-state index in [0.29, 0.717) is 12.2 Å². The molecule has 0 bridgehead atoms. The fraction of sp³-hybridized carbons (Fsp3) is 0.385. The quantitative estimate of drug-likeness (QED) is 0.724. The van der Waals surface area contributed by atoms with Crippen molar-refractivity contribution in [3.63, 3.8) is 0 Å². The number of benzene rings is 1. The molecule has 6 nitrogen and oxygen atoms in total. The van der Waals surface area contributed by atoms with Gasteiger partial charge < -0.3 is 15.7 Å². The minimum absolute atomic E-state index is 0.0787. The molecule has 102 valence electrons. The van der Waals surface area contributed by atoms with Crippen molar-refractivity contribution in [3.8, 4) is 0 Å². The average molecular weight is 263 g/mol. The first-order valence-corrected chi connectivity index (χ1v) is 6.21. The Morgan fingerprint density at radius 1 is 1.21 bits per heavy atom. The van der Waals surface area contributed by atoms with Crippen LogP contribution in [0.3, 0.4) is 0 Å². The number of piperazine rings is 1. The maximum atomic E-state index is 11.8. The Kier molecular flexibility index (Phi) is 4.48. The fourth-order valence-electron chi connectivity index (χ4n) is 1.97. The van der Waals surface area contributed by atoms with Crippen LogP contribution in [0, 0.1) is 0 Å². The smallest absolute Gasteiger partial charge is 0.335 e. The van der Waals surface area contributed by atoms with Crippen LogP contribution in [0.25, 0.3) is 0 Å². The lowest BCUT2D eigenvalue weighted by atomic mass is 10.2. The Bertz CT molecular complexity index is 453. The maximum absolute atomic E-state index is 11.8. The molecule has 1 fully saturated rings. The maximum Gasteiger partial charge on any atom is 0.335 e. The summed E-state index contributed by atoms with van der Waals surface area (Å²) in [6.45, 7) is 3.90. The molecule has 0 saturated carbocycles. The highest BCUT2D eigenvalue weighted by molar-refractivity contribution is 5.93. The van der Waals surface area contributed by atoms with Gasteiger partial charge in [0.05, 0.1) is 12.1 Å². The van der Waals surface area contributed by atoms with Crippen LogP contribution in [0.15, 0.2) is 24.3 Å². The third-order valence-electron chi connectivity index (χ3n) is 2.99. The van der Waals surface area contributed by atoms with Gasteiger partial charge in [-0.05, 0) is 24.3 Å². The largest absolute Gasteiger partial charge is 0.478 e. The molecular weight excluding hydrogens is 246 g/mol. The van der Waals surface area contributed by atoms with Crippen LogP contribution in [-0.2, 0) is 4.79 Å². The number of anilines is 1. The fourth-order valence-corrected chi connectivity index (χ4v) is 1.97. The van der Waals surface area contributed by atoms with E-state index in [-0.39, 0.29) is 11.5 Å². The van der Waals surface area contributed by atoms with Crippen LogP contribution in [0.1, 0.15) is 10.4 Å². The molecule has 0 spiro atoms. The van der Waals surface area contributed by atoms with Crippen molar-refractivity contribution in [2.45, 2.75) is 0 Å². The van der Waals surface area contributed by atoms with E-state index in [1.807, 2.05) is 0 Å². The predicted octanol–water partition coefficient (Wildman–Crippen LogP) is 0.229. The van der Waals surface area contributed by atoms with Crippen molar-refractivity contribution in [1.29, 1.82) is 0 Å². The molecule has 6 heteroatoms. The number of hydrogen-bond acceptors (Lipinski definition) is 4. The summed E-state index contributed by atoms with van der Waals surface area (Å²) in [5.41, 5.74) is 0.824. The van der Waals surface area contributed by atoms with Crippen molar-refractivity contribution < 1.29 is 14.7 Å². The second-order valence-corrected chi connectivity index (χ2v) is 4.46. The zero-order chi connectivity index (χ0) is 13.7. The molecule has 2 rings (SSSR count). The number of carbonyl (C=O) groups excluding carboxylic acids is 1. The monoisotopic (exact) mass is 263 g/mol. The van der Waals surface area contributed by atoms with E-state index in [4.69, 9.17) is 5.11 Å². The van der Waals surface area contributed by atoms with Crippen LogP contribution in [-0.4, -0.2) is 54.6 Å². The lowest BCUT2D eigenvalue weighted by Crippen LogP contribution is -2.46. The Morgan fingerprint density at radius 2 is 1.84 bits per heavy atom. The van der Waals surface area contributed by atoms with Gasteiger partial charge in [-0.25, -0.2) is 4.79 Å². The number of nitrogens with one attached hydrogen (secondary N) is 2. The number of carboxylic acid groups (broad SMARTS) is 1. The summed E-state index contributed by atoms with van der Waals surface area (Å²) >= 11 is 0. The highest BCUT2D eigenvalue weighted by Gasteiger charge is 2.13. The number of aromatic carboxylic acids is 1. The highest BCUT2D eigenvalue weighted by Crippen LogP contribution is 2.09. The third-order valence-corrected chi connectivity index (χ3v) is 2.99. The number of rotatable bonds is 4. The number of hydrogen-bond donors (Lipinski definition) is 3. The standard InChI is InChI=1S/C13H17N3O3/c17-12(9-16-7-5-14-6-8-16)15-11-3-1-10(2-4-11)13(18)19/h1-4,14H,5-9H2,(H,15,17)(H,18,19). The molecular formula is C13H17N3O3. The Hall–Kier alpha value is -1.92. The van der Waals surface area contributed by atoms with Crippen molar-refractivity contribution in [2.24, 2.45) is 0 Å². The second-order valence-electron chi connectivity index (χ2n) is 4.46. The van der Waals surface area contributed by atoms with Crippen molar-refractivity contribution in [2.75, 3.05) is 38.0 Å². The van der Waals surface area contributed by atoms with Gasteiger partial charge in [0, 0.05) is 31.9 Å². The van der Waals surface area contributed by atoms with Gasteiger partial charge in [0.15, 0.2) is 0 Å². The van der Waals surface area contributed by atoms with Crippen LogP contribution >= 0.6 is 0 Å². The van der Waals surface area contributed by atoms with Gasteiger partial charge in [0.1, 0.15) is 0 Å². The molecule has 1 aliphatic heterocycles. The Labute approximate surface area is 111 Å². The SMILES string of the molecule is O=C(CN1CCNCC1)Nc1ccc(C(=O)O)cc1. The molecule has 0 radical (unpaired) electrons. The summed E-state index contributed by atoms with van der Waals surface area (Å²) in [7, 11) is 0. The summed E-state index contributed by atoms with van der Waals surface area (Å²) in [6.07, 6.45) is 0. The molecule has 0 unspecified atom stereocenters. The van der Waals surface area contributed by atoms with E-state index < -0.39 is 5.97 Å². The normalized spacial score (nSPS) is 16.0. The topological polar surface area (TPSA) is 81.7 Å². The zero-order valence-corrected chi connectivity index (χ0v) is 10.6. The molecule has 3 N–H and O–H groups in total. The van der Waals surface area contributed by atoms with E-state index in [0.717, 1.165) is 26.2 Å². The molecule has 1 aromatic carbocycles. The molecule has 0 aromatic heterocycles. The first-order chi connectivity index (χ1) is 9.15.